The standard InChI is InChI=1S/C20H20N4O2/c1-26-18-10-6-5-7-15(18)13-14-21-20(25)17-11-12-19(24-23-17)22-16-8-3-2-4-9-16/h2-12H,13-14H2,1H3,(H,21,25)(H,22,24). The van der Waals surface area contributed by atoms with E-state index in [1.807, 2.05) is 54.6 Å². The maximum absolute atomic E-state index is 12.2. The van der Waals surface area contributed by atoms with Crippen LogP contribution in [-0.2, 0) is 6.42 Å². The number of nitrogens with zero attached hydrogens (tertiary/aromatic N) is 2. The van der Waals surface area contributed by atoms with Crippen molar-refractivity contribution in [1.82, 2.24) is 15.5 Å². The monoisotopic (exact) mass is 348 g/mol. The lowest BCUT2D eigenvalue weighted by Gasteiger charge is -2.09. The number of aromatic nitrogens is 2. The first-order valence-electron chi connectivity index (χ1n) is 8.32. The van der Waals surface area contributed by atoms with Crippen molar-refractivity contribution in [3.63, 3.8) is 0 Å². The van der Waals surface area contributed by atoms with Crippen molar-refractivity contribution in [3.05, 3.63) is 78.0 Å². The second kappa shape index (κ2) is 8.62. The minimum atomic E-state index is -0.251. The average Bonchev–Trinajstić information content (AvgIpc) is 2.69. The number of amides is 1. The second-order valence-corrected chi connectivity index (χ2v) is 5.61. The first-order chi connectivity index (χ1) is 12.8. The highest BCUT2D eigenvalue weighted by atomic mass is 16.5. The summed E-state index contributed by atoms with van der Waals surface area (Å²) in [6.45, 7) is 0.491. The number of ether oxygens (including phenoxy) is 1. The fraction of sp³-hybridized carbons (Fsp3) is 0.150. The van der Waals surface area contributed by atoms with Gasteiger partial charge in [0.25, 0.3) is 5.91 Å². The smallest absolute Gasteiger partial charge is 0.271 e. The lowest BCUT2D eigenvalue weighted by atomic mass is 10.1. The number of rotatable bonds is 7. The molecule has 1 aromatic heterocycles. The van der Waals surface area contributed by atoms with Crippen LogP contribution in [0.1, 0.15) is 16.1 Å². The quantitative estimate of drug-likeness (QED) is 0.686. The Labute approximate surface area is 152 Å². The van der Waals surface area contributed by atoms with Crippen molar-refractivity contribution in [1.29, 1.82) is 0 Å². The van der Waals surface area contributed by atoms with Gasteiger partial charge in [0.05, 0.1) is 7.11 Å². The lowest BCUT2D eigenvalue weighted by molar-refractivity contribution is 0.0948. The van der Waals surface area contributed by atoms with E-state index in [-0.39, 0.29) is 11.6 Å². The number of methoxy groups -OCH3 is 1. The van der Waals surface area contributed by atoms with Gasteiger partial charge in [-0.2, -0.15) is 0 Å². The fourth-order valence-electron chi connectivity index (χ4n) is 2.50. The predicted octanol–water partition coefficient (Wildman–Crippen LogP) is 3.20. The highest BCUT2D eigenvalue weighted by Crippen LogP contribution is 2.17. The number of anilines is 2. The third kappa shape index (κ3) is 4.57. The summed E-state index contributed by atoms with van der Waals surface area (Å²) in [5, 5.41) is 14.0. The van der Waals surface area contributed by atoms with Crippen LogP contribution in [0.4, 0.5) is 11.5 Å². The number of benzene rings is 2. The van der Waals surface area contributed by atoms with E-state index < -0.39 is 0 Å². The third-order valence-corrected chi connectivity index (χ3v) is 3.82. The van der Waals surface area contributed by atoms with Gasteiger partial charge in [0.2, 0.25) is 0 Å². The van der Waals surface area contributed by atoms with Gasteiger partial charge < -0.3 is 15.4 Å². The first-order valence-corrected chi connectivity index (χ1v) is 8.32. The van der Waals surface area contributed by atoms with E-state index in [0.29, 0.717) is 18.8 Å². The molecule has 26 heavy (non-hydrogen) atoms. The fourth-order valence-corrected chi connectivity index (χ4v) is 2.50. The SMILES string of the molecule is COc1ccccc1CCNC(=O)c1ccc(Nc2ccccc2)nn1. The average molecular weight is 348 g/mol. The molecule has 6 heteroatoms. The molecule has 0 aliphatic carbocycles. The van der Waals surface area contributed by atoms with E-state index >= 15 is 0 Å². The van der Waals surface area contributed by atoms with Gasteiger partial charge in [0, 0.05) is 12.2 Å². The summed E-state index contributed by atoms with van der Waals surface area (Å²) in [6, 6.07) is 20.8. The molecule has 3 aromatic rings. The van der Waals surface area contributed by atoms with Crippen molar-refractivity contribution < 1.29 is 9.53 Å². The predicted molar refractivity (Wildman–Crippen MR) is 101 cm³/mol. The summed E-state index contributed by atoms with van der Waals surface area (Å²) < 4.78 is 5.31. The minimum Gasteiger partial charge on any atom is -0.496 e. The van der Waals surface area contributed by atoms with Crippen LogP contribution in [0.15, 0.2) is 66.7 Å². The van der Waals surface area contributed by atoms with Crippen LogP contribution in [0, 0.1) is 0 Å². The molecule has 0 fully saturated rings. The molecule has 132 valence electrons. The number of carbonyl (C=O) groups is 1. The van der Waals surface area contributed by atoms with Crippen LogP contribution in [0.3, 0.4) is 0 Å². The Morgan fingerprint density at radius 3 is 2.46 bits per heavy atom. The zero-order valence-electron chi connectivity index (χ0n) is 14.5. The molecule has 0 aliphatic rings. The normalized spacial score (nSPS) is 10.2. The molecule has 0 radical (unpaired) electrons. The zero-order valence-corrected chi connectivity index (χ0v) is 14.5. The molecule has 0 spiro atoms. The third-order valence-electron chi connectivity index (χ3n) is 3.82. The first kappa shape index (κ1) is 17.4. The van der Waals surface area contributed by atoms with Crippen LogP contribution in [0.25, 0.3) is 0 Å². The van der Waals surface area contributed by atoms with Crippen molar-refractivity contribution in [2.75, 3.05) is 19.0 Å². The number of hydrogen-bond acceptors (Lipinski definition) is 5. The van der Waals surface area contributed by atoms with Gasteiger partial charge in [-0.15, -0.1) is 10.2 Å². The van der Waals surface area contributed by atoms with Gasteiger partial charge in [0.1, 0.15) is 5.75 Å². The Morgan fingerprint density at radius 2 is 1.73 bits per heavy atom. The number of nitrogens with one attached hydrogen (secondary N) is 2. The van der Waals surface area contributed by atoms with Crippen LogP contribution in [0.2, 0.25) is 0 Å². The Kier molecular flexibility index (Phi) is 5.77. The topological polar surface area (TPSA) is 76.1 Å². The molecule has 0 aliphatic heterocycles. The van der Waals surface area contributed by atoms with Gasteiger partial charge >= 0.3 is 0 Å². The van der Waals surface area contributed by atoms with Crippen LogP contribution in [-0.4, -0.2) is 29.8 Å². The van der Waals surface area contributed by atoms with E-state index in [4.69, 9.17) is 4.74 Å². The van der Waals surface area contributed by atoms with Gasteiger partial charge in [-0.25, -0.2) is 0 Å². The van der Waals surface area contributed by atoms with E-state index in [9.17, 15) is 4.79 Å². The Hall–Kier alpha value is -3.41. The molecule has 2 aromatic carbocycles. The van der Waals surface area contributed by atoms with Gasteiger partial charge in [0.15, 0.2) is 11.5 Å². The number of para-hydroxylation sites is 2. The molecular formula is C20H20N4O2. The molecule has 6 nitrogen and oxygen atoms in total. The maximum atomic E-state index is 12.2. The molecule has 1 heterocycles. The van der Waals surface area contributed by atoms with Gasteiger partial charge in [-0.3, -0.25) is 4.79 Å². The van der Waals surface area contributed by atoms with E-state index in [0.717, 1.165) is 17.0 Å². The molecule has 1 amide bonds. The summed E-state index contributed by atoms with van der Waals surface area (Å²) in [4.78, 5) is 12.2. The highest BCUT2D eigenvalue weighted by molar-refractivity contribution is 5.92. The van der Waals surface area contributed by atoms with Crippen molar-refractivity contribution in [2.45, 2.75) is 6.42 Å². The van der Waals surface area contributed by atoms with E-state index in [2.05, 4.69) is 20.8 Å². The molecule has 0 bridgehead atoms. The van der Waals surface area contributed by atoms with Gasteiger partial charge in [-0.1, -0.05) is 36.4 Å². The van der Waals surface area contributed by atoms with E-state index in [1.54, 1.807) is 19.2 Å². The molecule has 0 saturated heterocycles. The molecular weight excluding hydrogens is 328 g/mol. The molecule has 3 rings (SSSR count). The van der Waals surface area contributed by atoms with Crippen molar-refractivity contribution in [3.8, 4) is 5.75 Å². The van der Waals surface area contributed by atoms with Crippen LogP contribution in [0.5, 0.6) is 5.75 Å². The summed E-state index contributed by atoms with van der Waals surface area (Å²) in [5.41, 5.74) is 2.24. The summed E-state index contributed by atoms with van der Waals surface area (Å²) in [5.74, 6) is 1.15. The Bertz CT molecular complexity index is 851. The Morgan fingerprint density at radius 1 is 0.962 bits per heavy atom. The summed E-state index contributed by atoms with van der Waals surface area (Å²) in [6.07, 6.45) is 0.677. The summed E-state index contributed by atoms with van der Waals surface area (Å²) >= 11 is 0. The second-order valence-electron chi connectivity index (χ2n) is 5.61. The largest absolute Gasteiger partial charge is 0.496 e. The highest BCUT2D eigenvalue weighted by Gasteiger charge is 2.09. The Balaban J connectivity index is 1.53. The van der Waals surface area contributed by atoms with Gasteiger partial charge in [-0.05, 0) is 42.3 Å². The maximum Gasteiger partial charge on any atom is 0.271 e. The van der Waals surface area contributed by atoms with E-state index in [1.165, 1.54) is 0 Å². The van der Waals surface area contributed by atoms with Crippen LogP contribution >= 0.6 is 0 Å². The lowest BCUT2D eigenvalue weighted by Crippen LogP contribution is -2.26. The molecule has 0 unspecified atom stereocenters. The summed E-state index contributed by atoms with van der Waals surface area (Å²) in [7, 11) is 1.64. The minimum absolute atomic E-state index is 0.251. The van der Waals surface area contributed by atoms with Crippen molar-refractivity contribution in [2.24, 2.45) is 0 Å². The number of carbonyl (C=O) groups excluding carboxylic acids is 1. The van der Waals surface area contributed by atoms with Crippen LogP contribution < -0.4 is 15.4 Å². The molecule has 0 saturated carbocycles. The number of hydrogen-bond donors (Lipinski definition) is 2. The molecule has 0 atom stereocenters. The zero-order chi connectivity index (χ0) is 18.2. The molecule has 2 N–H and O–H groups in total. The van der Waals surface area contributed by atoms with Crippen molar-refractivity contribution >= 4 is 17.4 Å².